The molecule has 12 nitrogen and oxygen atoms in total. The van der Waals surface area contributed by atoms with E-state index >= 15 is 0 Å². The van der Waals surface area contributed by atoms with Gasteiger partial charge in [-0.1, -0.05) is 94.3 Å². The van der Waals surface area contributed by atoms with Gasteiger partial charge in [0.15, 0.2) is 9.84 Å². The Labute approximate surface area is 331 Å². The zero-order valence-electron chi connectivity index (χ0n) is 32.7. The van der Waals surface area contributed by atoms with Gasteiger partial charge in [0, 0.05) is 26.6 Å². The van der Waals surface area contributed by atoms with E-state index in [1.165, 1.54) is 31.2 Å². The number of sulfone groups is 1. The summed E-state index contributed by atoms with van der Waals surface area (Å²) >= 11 is 0. The molecule has 5 atom stereocenters. The Morgan fingerprint density at radius 2 is 1.61 bits per heavy atom. The number of fused-ring (bicyclic) bond motifs is 1. The molecule has 2 fully saturated rings. The van der Waals surface area contributed by atoms with Crippen LogP contribution in [-0.4, -0.2) is 104 Å². The number of nitrogens with one attached hydrogen (secondary N) is 2. The second-order valence-corrected chi connectivity index (χ2v) is 17.4. The van der Waals surface area contributed by atoms with Crippen LogP contribution in [0.25, 0.3) is 10.8 Å². The van der Waals surface area contributed by atoms with E-state index in [9.17, 15) is 33.0 Å². The summed E-state index contributed by atoms with van der Waals surface area (Å²) in [5.41, 5.74) is 0.795. The Bertz CT molecular complexity index is 1840. The van der Waals surface area contributed by atoms with Crippen LogP contribution in [0.15, 0.2) is 71.6 Å². The van der Waals surface area contributed by atoms with Crippen LogP contribution in [0.1, 0.15) is 77.2 Å². The number of hydrogen-bond acceptors (Lipinski definition) is 10. The smallest absolute Gasteiger partial charge is 0.308 e. The van der Waals surface area contributed by atoms with Crippen molar-refractivity contribution in [3.63, 3.8) is 0 Å². The fourth-order valence-electron chi connectivity index (χ4n) is 7.95. The molecule has 0 unspecified atom stereocenters. The molecule has 1 heterocycles. The number of morpholine rings is 1. The normalized spacial score (nSPS) is 18.4. The number of amides is 2. The lowest BCUT2D eigenvalue weighted by Crippen LogP contribution is -2.57. The van der Waals surface area contributed by atoms with E-state index in [1.807, 2.05) is 54.3 Å². The number of benzene rings is 3. The van der Waals surface area contributed by atoms with Crippen molar-refractivity contribution in [1.82, 2.24) is 15.5 Å². The van der Waals surface area contributed by atoms with Gasteiger partial charge in [-0.2, -0.15) is 0 Å². The van der Waals surface area contributed by atoms with Gasteiger partial charge in [0.1, 0.15) is 17.9 Å². The molecule has 306 valence electrons. The lowest BCUT2D eigenvalue weighted by molar-refractivity contribution is -0.132. The van der Waals surface area contributed by atoms with Crippen molar-refractivity contribution in [1.29, 1.82) is 0 Å². The maximum Gasteiger partial charge on any atom is 0.308 e. The van der Waals surface area contributed by atoms with Gasteiger partial charge >= 0.3 is 5.97 Å². The summed E-state index contributed by atoms with van der Waals surface area (Å²) < 4.78 is 38.3. The first-order valence-corrected chi connectivity index (χ1v) is 21.8. The van der Waals surface area contributed by atoms with E-state index < -0.39 is 63.6 Å². The van der Waals surface area contributed by atoms with Gasteiger partial charge in [-0.25, -0.2) is 8.42 Å². The Hall–Kier alpha value is -3.88. The molecule has 2 amide bonds. The van der Waals surface area contributed by atoms with Crippen molar-refractivity contribution in [2.75, 3.05) is 38.6 Å². The summed E-state index contributed by atoms with van der Waals surface area (Å²) in [5.74, 6) is -2.71. The van der Waals surface area contributed by atoms with Crippen LogP contribution in [0.4, 0.5) is 0 Å². The number of aliphatic hydroxyl groups is 2. The topological polar surface area (TPSA) is 172 Å². The average Bonchev–Trinajstić information content (AvgIpc) is 3.19. The molecule has 5 rings (SSSR count). The molecular weight excluding hydrogens is 735 g/mol. The molecule has 0 spiro atoms. The predicted molar refractivity (Wildman–Crippen MR) is 215 cm³/mol. The molecule has 3 aromatic carbocycles. The minimum absolute atomic E-state index is 0.0282. The van der Waals surface area contributed by atoms with Crippen LogP contribution in [0.2, 0.25) is 0 Å². The van der Waals surface area contributed by atoms with E-state index in [0.717, 1.165) is 54.9 Å². The zero-order valence-corrected chi connectivity index (χ0v) is 33.6. The third-order valence-electron chi connectivity index (χ3n) is 11.1. The van der Waals surface area contributed by atoms with Gasteiger partial charge in [0.05, 0.1) is 41.9 Å². The maximum atomic E-state index is 14.4. The molecule has 13 heteroatoms. The van der Waals surface area contributed by atoms with Gasteiger partial charge in [-0.3, -0.25) is 19.3 Å². The van der Waals surface area contributed by atoms with E-state index in [0.29, 0.717) is 45.6 Å². The summed E-state index contributed by atoms with van der Waals surface area (Å²) in [7, 11) is -4.04. The summed E-state index contributed by atoms with van der Waals surface area (Å²) in [6.07, 6.45) is 5.18. The molecule has 1 aliphatic carbocycles. The lowest BCUT2D eigenvalue weighted by atomic mass is 9.83. The minimum Gasteiger partial charge on any atom is -0.427 e. The quantitative estimate of drug-likeness (QED) is 0.0995. The Balaban J connectivity index is 1.38. The van der Waals surface area contributed by atoms with Crippen LogP contribution in [-0.2, 0) is 35.4 Å². The molecule has 2 aliphatic rings. The summed E-state index contributed by atoms with van der Waals surface area (Å²) in [4.78, 5) is 42.1. The van der Waals surface area contributed by atoms with Crippen molar-refractivity contribution < 1.29 is 42.5 Å². The average molecular weight is 794 g/mol. The van der Waals surface area contributed by atoms with Crippen LogP contribution in [0.3, 0.4) is 0 Å². The van der Waals surface area contributed by atoms with Crippen LogP contribution in [0.5, 0.6) is 5.75 Å². The number of esters is 1. The number of ether oxygens (including phenoxy) is 2. The number of carbonyl (C=O) groups excluding carboxylic acids is 3. The zero-order chi connectivity index (χ0) is 40.1. The molecule has 0 radical (unpaired) electrons. The Kier molecular flexibility index (Phi) is 16.2. The van der Waals surface area contributed by atoms with E-state index in [4.69, 9.17) is 9.47 Å². The number of rotatable bonds is 19. The molecular formula is C43H59N3O9S. The van der Waals surface area contributed by atoms with Crippen LogP contribution < -0.4 is 15.4 Å². The van der Waals surface area contributed by atoms with Gasteiger partial charge in [0.25, 0.3) is 0 Å². The number of hydrogen-bond donors (Lipinski definition) is 4. The third-order valence-corrected chi connectivity index (χ3v) is 12.9. The third kappa shape index (κ3) is 12.6. The molecule has 1 saturated heterocycles. The monoisotopic (exact) mass is 793 g/mol. The fraction of sp³-hybridized carbons (Fsp3) is 0.558. The maximum absolute atomic E-state index is 14.4. The first-order chi connectivity index (χ1) is 26.9. The van der Waals surface area contributed by atoms with Crippen molar-refractivity contribution in [3.8, 4) is 5.75 Å². The lowest BCUT2D eigenvalue weighted by Gasteiger charge is -2.35. The van der Waals surface area contributed by atoms with E-state index in [-0.39, 0.29) is 29.5 Å². The standard InChI is InChI=1S/C43H59N3O9S/c1-3-4-17-38(43(51)45-39(26-31-11-6-5-7-12-31)41(49)40(48)28-46-22-24-54-25-23-46)44-42(50)34(27-33-15-10-14-32-13-8-9-16-37(32)33)29-56(52,53)36-20-18-35(19-21-36)55-30(2)47/h8-10,13-16,18-21,31,34,38-41,48-49H,3-7,11-12,17,22-29H2,1-2H3,(H,44,50)(H,45,51)/t34-,38+,39+,40+,41-/m1/s1. The van der Waals surface area contributed by atoms with Gasteiger partial charge in [-0.15, -0.1) is 0 Å². The van der Waals surface area contributed by atoms with E-state index in [1.54, 1.807) is 0 Å². The fourth-order valence-corrected chi connectivity index (χ4v) is 9.49. The predicted octanol–water partition coefficient (Wildman–Crippen LogP) is 4.58. The van der Waals surface area contributed by atoms with Crippen molar-refractivity contribution in [2.24, 2.45) is 11.8 Å². The van der Waals surface area contributed by atoms with Crippen molar-refractivity contribution in [2.45, 2.75) is 107 Å². The van der Waals surface area contributed by atoms with Gasteiger partial charge in [0.2, 0.25) is 11.8 Å². The highest BCUT2D eigenvalue weighted by Crippen LogP contribution is 2.29. The molecule has 4 N–H and O–H groups in total. The van der Waals surface area contributed by atoms with Crippen LogP contribution in [0, 0.1) is 11.8 Å². The highest BCUT2D eigenvalue weighted by atomic mass is 32.2. The summed E-state index contributed by atoms with van der Waals surface area (Å²) in [6.45, 7) is 5.87. The minimum atomic E-state index is -4.04. The first kappa shape index (κ1) is 43.2. The Morgan fingerprint density at radius 1 is 0.911 bits per heavy atom. The number of carbonyl (C=O) groups is 3. The Morgan fingerprint density at radius 3 is 2.30 bits per heavy atom. The van der Waals surface area contributed by atoms with E-state index in [2.05, 4.69) is 10.6 Å². The highest BCUT2D eigenvalue weighted by Gasteiger charge is 2.35. The SMILES string of the molecule is CCCC[C@H](NC(=O)[C@H](Cc1cccc2ccccc12)CS(=O)(=O)c1ccc(OC(C)=O)cc1)C(=O)N[C@@H](CC1CCCCC1)[C@@H](O)[C@@H](O)CN1CCOCC1. The van der Waals surface area contributed by atoms with Crippen molar-refractivity contribution >= 4 is 38.4 Å². The number of nitrogens with zero attached hydrogens (tertiary/aromatic N) is 1. The van der Waals surface area contributed by atoms with Crippen molar-refractivity contribution in [3.05, 3.63) is 72.3 Å². The number of β-amino-alcohol motifs (C(OH)–C–C–N with tert-alkyl or cyclic N) is 1. The summed E-state index contributed by atoms with van der Waals surface area (Å²) in [5, 5.41) is 30.6. The molecule has 1 saturated carbocycles. The molecule has 1 aliphatic heterocycles. The molecule has 3 aromatic rings. The molecule has 0 aromatic heterocycles. The van der Waals surface area contributed by atoms with Gasteiger partial charge < -0.3 is 30.3 Å². The number of unbranched alkanes of at least 4 members (excludes halogenated alkanes) is 1. The largest absolute Gasteiger partial charge is 0.427 e. The van der Waals surface area contributed by atoms with Crippen LogP contribution >= 0.6 is 0 Å². The first-order valence-electron chi connectivity index (χ1n) is 20.2. The number of aliphatic hydroxyl groups excluding tert-OH is 2. The second kappa shape index (κ2) is 21.0. The van der Waals surface area contributed by atoms with Gasteiger partial charge in [-0.05, 0) is 65.8 Å². The highest BCUT2D eigenvalue weighted by molar-refractivity contribution is 7.91. The summed E-state index contributed by atoms with van der Waals surface area (Å²) in [6, 6.07) is 17.2. The molecule has 0 bridgehead atoms. The molecule has 56 heavy (non-hydrogen) atoms. The second-order valence-electron chi connectivity index (χ2n) is 15.4.